The summed E-state index contributed by atoms with van der Waals surface area (Å²) in [6.45, 7) is 3.05. The van der Waals surface area contributed by atoms with Crippen molar-refractivity contribution in [2.45, 2.75) is 32.2 Å². The molecule has 1 aromatic rings. The monoisotopic (exact) mass is 269 g/mol. The van der Waals surface area contributed by atoms with E-state index in [1.807, 2.05) is 13.0 Å². The Morgan fingerprint density at radius 3 is 2.61 bits per heavy atom. The second kappa shape index (κ2) is 5.81. The zero-order valence-corrected chi connectivity index (χ0v) is 11.9. The van der Waals surface area contributed by atoms with E-state index in [1.165, 1.54) is 12.8 Å². The molecule has 1 unspecified atom stereocenters. The van der Waals surface area contributed by atoms with Gasteiger partial charge in [0.15, 0.2) is 11.5 Å². The minimum atomic E-state index is 0.516. The Hall–Kier alpha value is -0.930. The molecule has 3 nitrogen and oxygen atoms in total. The SMILES string of the molecule is COc1c(CC2CCCN2)cc(Cl)c(C)c1OC. The van der Waals surface area contributed by atoms with Crippen LogP contribution in [0.5, 0.6) is 11.5 Å². The smallest absolute Gasteiger partial charge is 0.165 e. The molecule has 4 heteroatoms. The molecule has 0 amide bonds. The molecule has 0 spiro atoms. The maximum absolute atomic E-state index is 6.26. The van der Waals surface area contributed by atoms with Crippen LogP contribution in [-0.4, -0.2) is 26.8 Å². The first kappa shape index (κ1) is 13.5. The van der Waals surface area contributed by atoms with Crippen LogP contribution in [0.1, 0.15) is 24.0 Å². The molecule has 1 heterocycles. The van der Waals surface area contributed by atoms with Gasteiger partial charge in [-0.3, -0.25) is 0 Å². The summed E-state index contributed by atoms with van der Waals surface area (Å²) in [5.41, 5.74) is 2.04. The van der Waals surface area contributed by atoms with E-state index < -0.39 is 0 Å². The number of halogens is 1. The molecule has 0 aliphatic carbocycles. The predicted molar refractivity (Wildman–Crippen MR) is 74.0 cm³/mol. The van der Waals surface area contributed by atoms with Crippen LogP contribution in [0.4, 0.5) is 0 Å². The van der Waals surface area contributed by atoms with Crippen molar-refractivity contribution in [2.24, 2.45) is 0 Å². The Morgan fingerprint density at radius 1 is 1.33 bits per heavy atom. The third kappa shape index (κ3) is 2.57. The van der Waals surface area contributed by atoms with Gasteiger partial charge < -0.3 is 14.8 Å². The summed E-state index contributed by atoms with van der Waals surface area (Å²) in [4.78, 5) is 0. The number of ether oxygens (including phenoxy) is 2. The topological polar surface area (TPSA) is 30.5 Å². The molecule has 1 aromatic carbocycles. The molecule has 0 bridgehead atoms. The van der Waals surface area contributed by atoms with Crippen molar-refractivity contribution in [3.05, 3.63) is 22.2 Å². The first-order valence-electron chi connectivity index (χ1n) is 6.30. The summed E-state index contributed by atoms with van der Waals surface area (Å²) in [6.07, 6.45) is 3.38. The van der Waals surface area contributed by atoms with Gasteiger partial charge >= 0.3 is 0 Å². The van der Waals surface area contributed by atoms with Gasteiger partial charge in [-0.05, 0) is 38.8 Å². The molecular formula is C14H20ClNO2. The van der Waals surface area contributed by atoms with Gasteiger partial charge in [-0.15, -0.1) is 0 Å². The molecule has 1 fully saturated rings. The Balaban J connectivity index is 2.35. The van der Waals surface area contributed by atoms with Gasteiger partial charge in [-0.2, -0.15) is 0 Å². The number of hydrogen-bond acceptors (Lipinski definition) is 3. The molecule has 18 heavy (non-hydrogen) atoms. The summed E-state index contributed by atoms with van der Waals surface area (Å²) in [7, 11) is 3.33. The van der Waals surface area contributed by atoms with Crippen LogP contribution in [0, 0.1) is 6.92 Å². The second-order valence-electron chi connectivity index (χ2n) is 4.71. The second-order valence-corrected chi connectivity index (χ2v) is 5.11. The van der Waals surface area contributed by atoms with E-state index in [0.717, 1.165) is 40.6 Å². The van der Waals surface area contributed by atoms with Gasteiger partial charge in [0, 0.05) is 22.2 Å². The molecule has 2 rings (SSSR count). The normalized spacial score (nSPS) is 19.0. The van der Waals surface area contributed by atoms with E-state index in [1.54, 1.807) is 14.2 Å². The summed E-state index contributed by atoms with van der Waals surface area (Å²) in [5.74, 6) is 1.56. The van der Waals surface area contributed by atoms with Gasteiger partial charge in [0.25, 0.3) is 0 Å². The number of nitrogens with one attached hydrogen (secondary N) is 1. The van der Waals surface area contributed by atoms with Crippen LogP contribution in [0.25, 0.3) is 0 Å². The lowest BCUT2D eigenvalue weighted by Gasteiger charge is -2.18. The van der Waals surface area contributed by atoms with Gasteiger partial charge in [0.1, 0.15) is 0 Å². The third-order valence-electron chi connectivity index (χ3n) is 3.53. The van der Waals surface area contributed by atoms with Gasteiger partial charge in [-0.25, -0.2) is 0 Å². The molecule has 100 valence electrons. The Labute approximate surface area is 113 Å². The highest BCUT2D eigenvalue weighted by atomic mass is 35.5. The fraction of sp³-hybridized carbons (Fsp3) is 0.571. The number of methoxy groups -OCH3 is 2. The molecule has 1 saturated heterocycles. The van der Waals surface area contributed by atoms with E-state index in [2.05, 4.69) is 5.32 Å². The van der Waals surface area contributed by atoms with E-state index in [0.29, 0.717) is 6.04 Å². The molecule has 0 aromatic heterocycles. The van der Waals surface area contributed by atoms with Crippen LogP contribution in [0.3, 0.4) is 0 Å². The van der Waals surface area contributed by atoms with Gasteiger partial charge in [0.2, 0.25) is 0 Å². The van der Waals surface area contributed by atoms with Crippen molar-refractivity contribution in [3.8, 4) is 11.5 Å². The van der Waals surface area contributed by atoms with Crippen LogP contribution < -0.4 is 14.8 Å². The van der Waals surface area contributed by atoms with Crippen LogP contribution in [-0.2, 0) is 6.42 Å². The lowest BCUT2D eigenvalue weighted by atomic mass is 10.0. The Bertz CT molecular complexity index is 428. The summed E-state index contributed by atoms with van der Waals surface area (Å²) >= 11 is 6.26. The van der Waals surface area contributed by atoms with E-state index in [-0.39, 0.29) is 0 Å². The van der Waals surface area contributed by atoms with Crippen LogP contribution in [0.15, 0.2) is 6.07 Å². The lowest BCUT2D eigenvalue weighted by Crippen LogP contribution is -2.24. The lowest BCUT2D eigenvalue weighted by molar-refractivity contribution is 0.348. The van der Waals surface area contributed by atoms with E-state index in [9.17, 15) is 0 Å². The van der Waals surface area contributed by atoms with Crippen LogP contribution in [0.2, 0.25) is 5.02 Å². The van der Waals surface area contributed by atoms with Crippen molar-refractivity contribution in [1.29, 1.82) is 0 Å². The maximum atomic E-state index is 6.26. The molecule has 0 saturated carbocycles. The largest absolute Gasteiger partial charge is 0.493 e. The molecule has 1 N–H and O–H groups in total. The first-order chi connectivity index (χ1) is 8.67. The zero-order valence-electron chi connectivity index (χ0n) is 11.2. The first-order valence-corrected chi connectivity index (χ1v) is 6.68. The Kier molecular flexibility index (Phi) is 4.36. The molecular weight excluding hydrogens is 250 g/mol. The molecule has 0 radical (unpaired) electrons. The number of rotatable bonds is 4. The molecule has 1 atom stereocenters. The minimum absolute atomic E-state index is 0.516. The predicted octanol–water partition coefficient (Wildman–Crippen LogP) is 2.96. The molecule has 1 aliphatic heterocycles. The van der Waals surface area contributed by atoms with E-state index in [4.69, 9.17) is 21.1 Å². The highest BCUT2D eigenvalue weighted by molar-refractivity contribution is 6.31. The van der Waals surface area contributed by atoms with E-state index >= 15 is 0 Å². The number of benzene rings is 1. The average molecular weight is 270 g/mol. The fourth-order valence-electron chi connectivity index (χ4n) is 2.57. The van der Waals surface area contributed by atoms with Crippen molar-refractivity contribution in [3.63, 3.8) is 0 Å². The van der Waals surface area contributed by atoms with Gasteiger partial charge in [0.05, 0.1) is 14.2 Å². The van der Waals surface area contributed by atoms with Crippen molar-refractivity contribution in [1.82, 2.24) is 5.32 Å². The third-order valence-corrected chi connectivity index (χ3v) is 3.93. The van der Waals surface area contributed by atoms with Gasteiger partial charge in [-0.1, -0.05) is 11.6 Å². The Morgan fingerprint density at radius 2 is 2.06 bits per heavy atom. The quantitative estimate of drug-likeness (QED) is 0.912. The van der Waals surface area contributed by atoms with Crippen LogP contribution >= 0.6 is 11.6 Å². The highest BCUT2D eigenvalue weighted by Crippen LogP contribution is 2.39. The number of hydrogen-bond donors (Lipinski definition) is 1. The fourth-order valence-corrected chi connectivity index (χ4v) is 2.79. The minimum Gasteiger partial charge on any atom is -0.493 e. The average Bonchev–Trinajstić information content (AvgIpc) is 2.86. The summed E-state index contributed by atoms with van der Waals surface area (Å²) in [5, 5.41) is 4.23. The highest BCUT2D eigenvalue weighted by Gasteiger charge is 2.21. The summed E-state index contributed by atoms with van der Waals surface area (Å²) < 4.78 is 10.9. The van der Waals surface area contributed by atoms with Crippen molar-refractivity contribution in [2.75, 3.05) is 20.8 Å². The van der Waals surface area contributed by atoms with Crippen molar-refractivity contribution < 1.29 is 9.47 Å². The molecule has 1 aliphatic rings. The summed E-state index contributed by atoms with van der Waals surface area (Å²) in [6, 6.07) is 2.51. The zero-order chi connectivity index (χ0) is 13.1. The van der Waals surface area contributed by atoms with Crippen molar-refractivity contribution >= 4 is 11.6 Å². The standard InChI is InChI=1S/C14H20ClNO2/c1-9-12(15)8-10(7-11-5-4-6-16-11)14(18-3)13(9)17-2/h8,11,16H,4-7H2,1-3H3. The maximum Gasteiger partial charge on any atom is 0.165 e.